The first kappa shape index (κ1) is 13.2. The van der Waals surface area contributed by atoms with Crippen molar-refractivity contribution < 1.29 is 4.74 Å². The maximum absolute atomic E-state index is 5.03. The molecule has 0 bridgehead atoms. The standard InChI is InChI=1S/C13H19N3OS/c1-4-13(5-2)9-18-12(16-13)15-10-6-7-11(17-3)14-8-10/h6-8H,4-5,9H2,1-3H3,(H,15,16). The van der Waals surface area contributed by atoms with E-state index in [1.807, 2.05) is 12.1 Å². The van der Waals surface area contributed by atoms with Crippen LogP contribution in [0.2, 0.25) is 0 Å². The second-order valence-corrected chi connectivity index (χ2v) is 5.32. The Kier molecular flexibility index (Phi) is 4.11. The smallest absolute Gasteiger partial charge is 0.213 e. The Morgan fingerprint density at radius 1 is 1.39 bits per heavy atom. The molecule has 0 saturated heterocycles. The van der Waals surface area contributed by atoms with E-state index in [0.29, 0.717) is 5.88 Å². The van der Waals surface area contributed by atoms with Gasteiger partial charge >= 0.3 is 0 Å². The lowest BCUT2D eigenvalue weighted by Gasteiger charge is -2.20. The number of aliphatic imine (C=N–C) groups is 1. The molecule has 18 heavy (non-hydrogen) atoms. The molecule has 0 fully saturated rings. The Morgan fingerprint density at radius 3 is 2.67 bits per heavy atom. The van der Waals surface area contributed by atoms with E-state index in [1.54, 1.807) is 25.1 Å². The number of ether oxygens (including phenoxy) is 1. The first-order chi connectivity index (χ1) is 8.71. The van der Waals surface area contributed by atoms with Crippen LogP contribution >= 0.6 is 11.8 Å². The van der Waals surface area contributed by atoms with E-state index in [0.717, 1.165) is 29.4 Å². The van der Waals surface area contributed by atoms with Gasteiger partial charge in [-0.2, -0.15) is 0 Å². The van der Waals surface area contributed by atoms with Crippen LogP contribution < -0.4 is 10.1 Å². The lowest BCUT2D eigenvalue weighted by molar-refractivity contribution is 0.398. The highest BCUT2D eigenvalue weighted by atomic mass is 32.2. The van der Waals surface area contributed by atoms with Crippen LogP contribution in [0.5, 0.6) is 5.88 Å². The summed E-state index contributed by atoms with van der Waals surface area (Å²) >= 11 is 1.78. The molecule has 0 atom stereocenters. The average molecular weight is 265 g/mol. The first-order valence-corrected chi connectivity index (χ1v) is 7.19. The molecule has 2 heterocycles. The van der Waals surface area contributed by atoms with Gasteiger partial charge in [-0.1, -0.05) is 25.6 Å². The van der Waals surface area contributed by atoms with E-state index in [4.69, 9.17) is 9.73 Å². The van der Waals surface area contributed by atoms with E-state index in [1.165, 1.54) is 0 Å². The molecule has 5 heteroatoms. The zero-order valence-corrected chi connectivity index (χ0v) is 11.9. The molecule has 0 unspecified atom stereocenters. The summed E-state index contributed by atoms with van der Waals surface area (Å²) < 4.78 is 5.03. The van der Waals surface area contributed by atoms with Gasteiger partial charge in [0.15, 0.2) is 5.17 Å². The van der Waals surface area contributed by atoms with Crippen LogP contribution in [-0.2, 0) is 0 Å². The van der Waals surface area contributed by atoms with Gasteiger partial charge in [0.05, 0.1) is 24.5 Å². The van der Waals surface area contributed by atoms with Crippen molar-refractivity contribution >= 4 is 22.6 Å². The zero-order valence-electron chi connectivity index (χ0n) is 11.1. The number of hydrogen-bond donors (Lipinski definition) is 1. The summed E-state index contributed by atoms with van der Waals surface area (Å²) in [6, 6.07) is 3.79. The van der Waals surface area contributed by atoms with E-state index >= 15 is 0 Å². The number of methoxy groups -OCH3 is 1. The topological polar surface area (TPSA) is 46.5 Å². The SMILES string of the molecule is CCC1(CC)CSC(Nc2ccc(OC)nc2)=N1. The maximum atomic E-state index is 5.03. The molecule has 0 amide bonds. The Balaban J connectivity index is 2.05. The Labute approximate surface area is 112 Å². The fourth-order valence-electron chi connectivity index (χ4n) is 1.86. The van der Waals surface area contributed by atoms with Gasteiger partial charge in [0.25, 0.3) is 0 Å². The van der Waals surface area contributed by atoms with Gasteiger partial charge in [0, 0.05) is 11.8 Å². The van der Waals surface area contributed by atoms with Gasteiger partial charge in [0.2, 0.25) is 5.88 Å². The zero-order chi connectivity index (χ0) is 13.0. The predicted molar refractivity (Wildman–Crippen MR) is 77.6 cm³/mol. The molecule has 98 valence electrons. The summed E-state index contributed by atoms with van der Waals surface area (Å²) in [5.41, 5.74) is 1.07. The van der Waals surface area contributed by atoms with Crippen LogP contribution in [0.4, 0.5) is 5.69 Å². The number of anilines is 1. The summed E-state index contributed by atoms with van der Waals surface area (Å²) in [6.45, 7) is 4.40. The fraction of sp³-hybridized carbons (Fsp3) is 0.538. The van der Waals surface area contributed by atoms with Crippen LogP contribution in [0, 0.1) is 0 Å². The molecule has 0 aliphatic carbocycles. The van der Waals surface area contributed by atoms with Crippen molar-refractivity contribution in [2.24, 2.45) is 4.99 Å². The molecular weight excluding hydrogens is 246 g/mol. The Morgan fingerprint density at radius 2 is 2.17 bits per heavy atom. The molecule has 2 rings (SSSR count). The summed E-state index contributed by atoms with van der Waals surface area (Å²) in [7, 11) is 1.61. The third kappa shape index (κ3) is 2.77. The predicted octanol–water partition coefficient (Wildman–Crippen LogP) is 3.16. The number of pyridine rings is 1. The highest BCUT2D eigenvalue weighted by molar-refractivity contribution is 8.14. The molecule has 0 aromatic carbocycles. The molecule has 4 nitrogen and oxygen atoms in total. The number of amidine groups is 1. The summed E-state index contributed by atoms with van der Waals surface area (Å²) in [6.07, 6.45) is 3.94. The van der Waals surface area contributed by atoms with Gasteiger partial charge in [-0.3, -0.25) is 4.99 Å². The number of rotatable bonds is 4. The van der Waals surface area contributed by atoms with Crippen molar-refractivity contribution in [2.75, 3.05) is 18.2 Å². The number of hydrogen-bond acceptors (Lipinski definition) is 5. The molecule has 1 aliphatic rings. The highest BCUT2D eigenvalue weighted by Crippen LogP contribution is 2.33. The second-order valence-electron chi connectivity index (χ2n) is 4.35. The molecule has 1 aliphatic heterocycles. The van der Waals surface area contributed by atoms with Gasteiger partial charge < -0.3 is 10.1 Å². The minimum Gasteiger partial charge on any atom is -0.481 e. The van der Waals surface area contributed by atoms with Crippen LogP contribution in [-0.4, -0.2) is 28.6 Å². The number of nitrogens with one attached hydrogen (secondary N) is 1. The number of thioether (sulfide) groups is 1. The Hall–Kier alpha value is -1.23. The van der Waals surface area contributed by atoms with E-state index in [9.17, 15) is 0 Å². The van der Waals surface area contributed by atoms with Crippen molar-refractivity contribution in [3.8, 4) is 5.88 Å². The van der Waals surface area contributed by atoms with Gasteiger partial charge in [0.1, 0.15) is 0 Å². The maximum Gasteiger partial charge on any atom is 0.213 e. The van der Waals surface area contributed by atoms with Gasteiger partial charge in [-0.15, -0.1) is 0 Å². The van der Waals surface area contributed by atoms with Crippen molar-refractivity contribution in [1.82, 2.24) is 4.98 Å². The fourth-order valence-corrected chi connectivity index (χ4v) is 3.18. The van der Waals surface area contributed by atoms with E-state index in [2.05, 4.69) is 24.1 Å². The van der Waals surface area contributed by atoms with Crippen LogP contribution in [0.15, 0.2) is 23.3 Å². The third-order valence-electron chi connectivity index (χ3n) is 3.33. The average Bonchev–Trinajstić information content (AvgIpc) is 2.84. The van der Waals surface area contributed by atoms with Crippen molar-refractivity contribution in [3.05, 3.63) is 18.3 Å². The van der Waals surface area contributed by atoms with Crippen LogP contribution in [0.3, 0.4) is 0 Å². The summed E-state index contributed by atoms with van der Waals surface area (Å²) in [5, 5.41) is 4.30. The number of aromatic nitrogens is 1. The Bertz CT molecular complexity index is 426. The molecule has 1 aromatic heterocycles. The quantitative estimate of drug-likeness (QED) is 0.908. The monoisotopic (exact) mass is 265 g/mol. The van der Waals surface area contributed by atoms with Gasteiger partial charge in [-0.25, -0.2) is 4.98 Å². The normalized spacial score (nSPS) is 17.4. The lowest BCUT2D eigenvalue weighted by Crippen LogP contribution is -2.24. The minimum atomic E-state index is 0.118. The van der Waals surface area contributed by atoms with Crippen molar-refractivity contribution in [1.29, 1.82) is 0 Å². The van der Waals surface area contributed by atoms with Crippen molar-refractivity contribution in [3.63, 3.8) is 0 Å². The lowest BCUT2D eigenvalue weighted by atomic mass is 9.97. The highest BCUT2D eigenvalue weighted by Gasteiger charge is 2.32. The molecule has 1 aromatic rings. The van der Waals surface area contributed by atoms with Gasteiger partial charge in [-0.05, 0) is 18.9 Å². The largest absolute Gasteiger partial charge is 0.481 e. The van der Waals surface area contributed by atoms with E-state index in [-0.39, 0.29) is 5.54 Å². The summed E-state index contributed by atoms with van der Waals surface area (Å²) in [4.78, 5) is 8.97. The first-order valence-electron chi connectivity index (χ1n) is 6.21. The summed E-state index contributed by atoms with van der Waals surface area (Å²) in [5.74, 6) is 1.68. The van der Waals surface area contributed by atoms with Crippen LogP contribution in [0.1, 0.15) is 26.7 Å². The van der Waals surface area contributed by atoms with Crippen LogP contribution in [0.25, 0.3) is 0 Å². The molecule has 1 N–H and O–H groups in total. The van der Waals surface area contributed by atoms with E-state index < -0.39 is 0 Å². The molecule has 0 spiro atoms. The second kappa shape index (κ2) is 5.61. The molecule has 0 radical (unpaired) electrons. The number of nitrogens with zero attached hydrogens (tertiary/aromatic N) is 2. The minimum absolute atomic E-state index is 0.118. The molecule has 0 saturated carbocycles. The van der Waals surface area contributed by atoms with Crippen molar-refractivity contribution in [2.45, 2.75) is 32.2 Å². The molecular formula is C13H19N3OS. The third-order valence-corrected chi connectivity index (χ3v) is 4.48.